The van der Waals surface area contributed by atoms with Crippen LogP contribution in [0.2, 0.25) is 0 Å². The Balaban J connectivity index is 1.59. The number of nitrogens with two attached hydrogens (primary N) is 1. The summed E-state index contributed by atoms with van der Waals surface area (Å²) >= 11 is 0. The van der Waals surface area contributed by atoms with E-state index >= 15 is 0 Å². The molecule has 0 aliphatic heterocycles. The summed E-state index contributed by atoms with van der Waals surface area (Å²) in [5, 5.41) is 3.43. The van der Waals surface area contributed by atoms with E-state index < -0.39 is 0 Å². The molecule has 1 saturated carbocycles. The first kappa shape index (κ1) is 8.78. The molecule has 2 rings (SSSR count). The first-order valence-corrected chi connectivity index (χ1v) is 4.92. The number of H-pyrrole nitrogens is 1. The zero-order valence-corrected chi connectivity index (χ0v) is 7.79. The van der Waals surface area contributed by atoms with Crippen molar-refractivity contribution in [3.8, 4) is 0 Å². The second-order valence-corrected chi connectivity index (χ2v) is 3.95. The van der Waals surface area contributed by atoms with Crippen LogP contribution in [0.15, 0.2) is 18.5 Å². The summed E-state index contributed by atoms with van der Waals surface area (Å²) in [6.45, 7) is 2.08. The molecule has 3 nitrogen and oxygen atoms in total. The Hall–Kier alpha value is -0.800. The highest BCUT2D eigenvalue weighted by molar-refractivity contribution is 5.07. The standard InChI is InChI=1S/C10H17N3/c11-10-3-9(4-10)7-13-6-8-1-2-12-5-8/h1-2,5,9-10,12-13H,3-4,6-7,11H2. The van der Waals surface area contributed by atoms with E-state index in [4.69, 9.17) is 5.73 Å². The predicted octanol–water partition coefficient (Wildman–Crippen LogP) is 0.842. The lowest BCUT2D eigenvalue weighted by atomic mass is 9.81. The molecule has 0 atom stereocenters. The van der Waals surface area contributed by atoms with E-state index in [1.165, 1.54) is 18.4 Å². The van der Waals surface area contributed by atoms with Crippen molar-refractivity contribution in [3.63, 3.8) is 0 Å². The predicted molar refractivity (Wildman–Crippen MR) is 53.2 cm³/mol. The zero-order chi connectivity index (χ0) is 9.10. The topological polar surface area (TPSA) is 53.8 Å². The third kappa shape index (κ3) is 2.32. The lowest BCUT2D eigenvalue weighted by Crippen LogP contribution is -2.41. The Morgan fingerprint density at radius 3 is 3.00 bits per heavy atom. The van der Waals surface area contributed by atoms with Crippen LogP contribution in [0.25, 0.3) is 0 Å². The van der Waals surface area contributed by atoms with Gasteiger partial charge in [-0.1, -0.05) is 0 Å². The number of rotatable bonds is 4. The fraction of sp³-hybridized carbons (Fsp3) is 0.600. The van der Waals surface area contributed by atoms with E-state index in [9.17, 15) is 0 Å². The zero-order valence-electron chi connectivity index (χ0n) is 7.79. The van der Waals surface area contributed by atoms with Crippen LogP contribution in [-0.2, 0) is 6.54 Å². The van der Waals surface area contributed by atoms with Gasteiger partial charge < -0.3 is 16.0 Å². The number of nitrogens with one attached hydrogen (secondary N) is 2. The van der Waals surface area contributed by atoms with Gasteiger partial charge in [0.05, 0.1) is 0 Å². The summed E-state index contributed by atoms with van der Waals surface area (Å²) in [4.78, 5) is 3.04. The largest absolute Gasteiger partial charge is 0.367 e. The average Bonchev–Trinajstić information content (AvgIpc) is 2.53. The summed E-state index contributed by atoms with van der Waals surface area (Å²) in [7, 11) is 0. The Morgan fingerprint density at radius 1 is 1.54 bits per heavy atom. The van der Waals surface area contributed by atoms with Crippen LogP contribution in [0, 0.1) is 5.92 Å². The number of hydrogen-bond acceptors (Lipinski definition) is 2. The molecule has 1 aliphatic rings. The third-order valence-corrected chi connectivity index (χ3v) is 2.70. The van der Waals surface area contributed by atoms with Gasteiger partial charge in [0.1, 0.15) is 0 Å². The summed E-state index contributed by atoms with van der Waals surface area (Å²) in [6, 6.07) is 2.57. The van der Waals surface area contributed by atoms with Crippen LogP contribution >= 0.6 is 0 Å². The van der Waals surface area contributed by atoms with Crippen molar-refractivity contribution in [1.82, 2.24) is 10.3 Å². The van der Waals surface area contributed by atoms with E-state index in [0.29, 0.717) is 6.04 Å². The highest BCUT2D eigenvalue weighted by Crippen LogP contribution is 2.24. The molecular formula is C10H17N3. The van der Waals surface area contributed by atoms with E-state index in [-0.39, 0.29) is 0 Å². The van der Waals surface area contributed by atoms with Crippen molar-refractivity contribution < 1.29 is 0 Å². The van der Waals surface area contributed by atoms with E-state index in [1.807, 2.05) is 12.4 Å². The quantitative estimate of drug-likeness (QED) is 0.641. The number of aromatic nitrogens is 1. The van der Waals surface area contributed by atoms with Gasteiger partial charge in [-0.15, -0.1) is 0 Å². The summed E-state index contributed by atoms with van der Waals surface area (Å²) in [6.07, 6.45) is 6.37. The minimum atomic E-state index is 0.471. The SMILES string of the molecule is NC1CC(CNCc2cc[nH]c2)C1. The molecule has 0 saturated heterocycles. The molecule has 13 heavy (non-hydrogen) atoms. The van der Waals surface area contributed by atoms with Gasteiger partial charge in [0.15, 0.2) is 0 Å². The molecule has 0 spiro atoms. The molecule has 0 amide bonds. The smallest absolute Gasteiger partial charge is 0.0220 e. The van der Waals surface area contributed by atoms with Gasteiger partial charge in [-0.3, -0.25) is 0 Å². The van der Waals surface area contributed by atoms with Crippen LogP contribution < -0.4 is 11.1 Å². The molecule has 1 aromatic heterocycles. The van der Waals surface area contributed by atoms with Gasteiger partial charge in [-0.2, -0.15) is 0 Å². The van der Waals surface area contributed by atoms with Gasteiger partial charge in [0.25, 0.3) is 0 Å². The molecule has 1 fully saturated rings. The van der Waals surface area contributed by atoms with Crippen molar-refractivity contribution in [2.24, 2.45) is 11.7 Å². The Kier molecular flexibility index (Phi) is 2.66. The molecule has 4 N–H and O–H groups in total. The number of aromatic amines is 1. The van der Waals surface area contributed by atoms with E-state index in [0.717, 1.165) is 19.0 Å². The molecule has 3 heteroatoms. The summed E-state index contributed by atoms with van der Waals surface area (Å²) < 4.78 is 0. The molecule has 0 aromatic carbocycles. The second kappa shape index (κ2) is 3.94. The van der Waals surface area contributed by atoms with Gasteiger partial charge >= 0.3 is 0 Å². The lowest BCUT2D eigenvalue weighted by Gasteiger charge is -2.32. The maximum atomic E-state index is 5.70. The highest BCUT2D eigenvalue weighted by Gasteiger charge is 2.24. The average molecular weight is 179 g/mol. The number of hydrogen-bond donors (Lipinski definition) is 3. The van der Waals surface area contributed by atoms with Crippen LogP contribution in [0.3, 0.4) is 0 Å². The molecule has 0 unspecified atom stereocenters. The molecular weight excluding hydrogens is 162 g/mol. The maximum Gasteiger partial charge on any atom is 0.0220 e. The molecule has 0 radical (unpaired) electrons. The fourth-order valence-corrected chi connectivity index (χ4v) is 1.84. The highest BCUT2D eigenvalue weighted by atomic mass is 14.9. The van der Waals surface area contributed by atoms with Crippen LogP contribution in [0.1, 0.15) is 18.4 Å². The van der Waals surface area contributed by atoms with E-state index in [1.54, 1.807) is 0 Å². The van der Waals surface area contributed by atoms with Gasteiger partial charge in [-0.05, 0) is 36.9 Å². The third-order valence-electron chi connectivity index (χ3n) is 2.70. The Morgan fingerprint density at radius 2 is 2.38 bits per heavy atom. The van der Waals surface area contributed by atoms with Crippen molar-refractivity contribution >= 4 is 0 Å². The normalized spacial score (nSPS) is 27.2. The lowest BCUT2D eigenvalue weighted by molar-refractivity contribution is 0.256. The maximum absolute atomic E-state index is 5.70. The molecule has 1 aromatic rings. The molecule has 0 bridgehead atoms. The second-order valence-electron chi connectivity index (χ2n) is 3.95. The molecule has 1 heterocycles. The van der Waals surface area contributed by atoms with Crippen LogP contribution in [0.4, 0.5) is 0 Å². The first-order valence-electron chi connectivity index (χ1n) is 4.92. The first-order chi connectivity index (χ1) is 6.34. The monoisotopic (exact) mass is 179 g/mol. The molecule has 1 aliphatic carbocycles. The van der Waals surface area contributed by atoms with Crippen molar-refractivity contribution in [2.45, 2.75) is 25.4 Å². The summed E-state index contributed by atoms with van der Waals surface area (Å²) in [5.41, 5.74) is 7.03. The van der Waals surface area contributed by atoms with Crippen LogP contribution in [0.5, 0.6) is 0 Å². The minimum Gasteiger partial charge on any atom is -0.367 e. The van der Waals surface area contributed by atoms with Crippen molar-refractivity contribution in [2.75, 3.05) is 6.54 Å². The van der Waals surface area contributed by atoms with E-state index in [2.05, 4.69) is 16.4 Å². The molecule has 72 valence electrons. The summed E-state index contributed by atoms with van der Waals surface area (Å²) in [5.74, 6) is 0.814. The van der Waals surface area contributed by atoms with Crippen molar-refractivity contribution in [1.29, 1.82) is 0 Å². The van der Waals surface area contributed by atoms with Gasteiger partial charge in [-0.25, -0.2) is 0 Å². The minimum absolute atomic E-state index is 0.471. The fourth-order valence-electron chi connectivity index (χ4n) is 1.84. The van der Waals surface area contributed by atoms with Gasteiger partial charge in [0, 0.05) is 25.0 Å². The van der Waals surface area contributed by atoms with Gasteiger partial charge in [0.2, 0.25) is 0 Å². The Labute approximate surface area is 78.7 Å². The van der Waals surface area contributed by atoms with Crippen molar-refractivity contribution in [3.05, 3.63) is 24.0 Å². The Bertz CT molecular complexity index is 237. The van der Waals surface area contributed by atoms with Crippen LogP contribution in [-0.4, -0.2) is 17.6 Å².